The van der Waals surface area contributed by atoms with Crippen LogP contribution in [0.2, 0.25) is 0 Å². The first kappa shape index (κ1) is 34.7. The van der Waals surface area contributed by atoms with Crippen LogP contribution in [-0.4, -0.2) is 70.7 Å². The second-order valence-electron chi connectivity index (χ2n) is 10.6. The van der Waals surface area contributed by atoms with Crippen LogP contribution < -0.4 is 21.7 Å². The Labute approximate surface area is 253 Å². The lowest BCUT2D eigenvalue weighted by molar-refractivity contribution is -0.118. The summed E-state index contributed by atoms with van der Waals surface area (Å²) in [5.74, 6) is -0.368. The molecule has 0 spiro atoms. The maximum Gasteiger partial charge on any atom is 0.406 e. The molecule has 1 fully saturated rings. The second kappa shape index (κ2) is 15.8. The molecule has 0 bridgehead atoms. The number of carbonyl (C=O) groups is 2. The van der Waals surface area contributed by atoms with Gasteiger partial charge in [-0.15, -0.1) is 0 Å². The van der Waals surface area contributed by atoms with Crippen molar-refractivity contribution in [1.29, 1.82) is 0 Å². The molecule has 0 unspecified atom stereocenters. The Morgan fingerprint density at radius 1 is 1.19 bits per heavy atom. The van der Waals surface area contributed by atoms with Crippen LogP contribution in [0, 0.1) is 11.3 Å². The number of carbonyl (C=O) groups excluding carboxylic acids is 2. The van der Waals surface area contributed by atoms with Crippen LogP contribution in [0.3, 0.4) is 0 Å². The number of ether oxygens (including phenoxy) is 2. The van der Waals surface area contributed by atoms with Gasteiger partial charge in [0.25, 0.3) is 5.56 Å². The van der Waals surface area contributed by atoms with Gasteiger partial charge in [0, 0.05) is 42.4 Å². The third kappa shape index (κ3) is 10.1. The Bertz CT molecular complexity index is 1390. The zero-order valence-corrected chi connectivity index (χ0v) is 26.2. The van der Waals surface area contributed by atoms with E-state index in [0.717, 1.165) is 17.3 Å². The molecule has 43 heavy (non-hydrogen) atoms. The number of rotatable bonds is 15. The number of benzene rings is 1. The molecule has 1 aliphatic heterocycles. The van der Waals surface area contributed by atoms with Crippen molar-refractivity contribution >= 4 is 30.7 Å². The number of aromatic nitrogens is 2. The fraction of sp³-hybridized carbons (Fsp3) is 0.556. The van der Waals surface area contributed by atoms with Crippen molar-refractivity contribution in [2.45, 2.75) is 52.2 Å². The molecule has 2 aromatic rings. The first-order valence-corrected chi connectivity index (χ1v) is 16.2. The molecule has 2 heterocycles. The van der Waals surface area contributed by atoms with Gasteiger partial charge in [0.15, 0.2) is 5.12 Å². The van der Waals surface area contributed by atoms with Gasteiger partial charge in [-0.1, -0.05) is 62.9 Å². The lowest BCUT2D eigenvalue weighted by atomic mass is 9.91. The van der Waals surface area contributed by atoms with Crippen molar-refractivity contribution in [2.75, 3.05) is 32.6 Å². The van der Waals surface area contributed by atoms with Crippen molar-refractivity contribution < 1.29 is 37.8 Å². The highest BCUT2D eigenvalue weighted by Gasteiger charge is 2.43. The summed E-state index contributed by atoms with van der Waals surface area (Å²) in [4.78, 5) is 49.9. The Morgan fingerprint density at radius 2 is 1.91 bits per heavy atom. The largest absolute Gasteiger partial charge is 0.453 e. The van der Waals surface area contributed by atoms with Gasteiger partial charge < -0.3 is 19.9 Å². The van der Waals surface area contributed by atoms with Gasteiger partial charge in [-0.2, -0.15) is 0 Å². The Morgan fingerprint density at radius 3 is 2.58 bits per heavy atom. The summed E-state index contributed by atoms with van der Waals surface area (Å²) in [5, 5.41) is 16.0. The molecule has 1 saturated heterocycles. The van der Waals surface area contributed by atoms with E-state index in [2.05, 4.69) is 20.1 Å². The molecular weight excluding hydrogens is 603 g/mol. The number of methoxy groups -OCH3 is 1. The van der Waals surface area contributed by atoms with Crippen LogP contribution >= 0.6 is 19.5 Å². The molecule has 1 aromatic heterocycles. The molecule has 0 aliphatic carbocycles. The zero-order chi connectivity index (χ0) is 31.6. The highest BCUT2D eigenvalue weighted by molar-refractivity contribution is 8.13. The van der Waals surface area contributed by atoms with Crippen LogP contribution in [0.5, 0.6) is 0 Å². The molecule has 5 atom stereocenters. The predicted molar refractivity (Wildman–Crippen MR) is 159 cm³/mol. The van der Waals surface area contributed by atoms with Gasteiger partial charge in [0.05, 0.1) is 26.4 Å². The minimum Gasteiger partial charge on any atom is -0.453 e. The first-order chi connectivity index (χ1) is 20.3. The number of hydrogen-bond donors (Lipinski definition) is 4. The number of amides is 1. The maximum atomic E-state index is 13.7. The molecule has 0 radical (unpaired) electrons. The number of alkyl carbamates (subject to hydrolysis) is 1. The molecule has 4 N–H and O–H groups in total. The van der Waals surface area contributed by atoms with Gasteiger partial charge in [-0.25, -0.2) is 19.2 Å². The Balaban J connectivity index is 1.59. The number of nitrogens with one attached hydrogen (secondary N) is 3. The monoisotopic (exact) mass is 642 g/mol. The van der Waals surface area contributed by atoms with Crippen LogP contribution in [0.25, 0.3) is 0 Å². The smallest absolute Gasteiger partial charge is 0.406 e. The first-order valence-electron chi connectivity index (χ1n) is 13.7. The number of hydrogen-bond acceptors (Lipinski definition) is 11. The van der Waals surface area contributed by atoms with E-state index in [4.69, 9.17) is 13.8 Å². The Hall–Kier alpha value is -2.78. The SMILES string of the molecule is COC(=O)NCCC(C)(C)C(=O)SCCO[P@](=O)(NCc1ccccc1)OC[C@H]1O[C@@H](n2ccc(=O)[nH]c2=O)[C@@H](C)[C@@H]1O. The van der Waals surface area contributed by atoms with Crippen LogP contribution in [0.15, 0.2) is 52.2 Å². The summed E-state index contributed by atoms with van der Waals surface area (Å²) < 4.78 is 36.6. The van der Waals surface area contributed by atoms with Crippen LogP contribution in [0.1, 0.15) is 39.0 Å². The summed E-state index contributed by atoms with van der Waals surface area (Å²) in [6.07, 6.45) is -1.82. The lowest BCUT2D eigenvalue weighted by Gasteiger charge is -2.24. The topological polar surface area (TPSA) is 187 Å². The number of H-pyrrole nitrogens is 1. The molecule has 3 rings (SSSR count). The number of aliphatic hydroxyl groups excluding tert-OH is 1. The average Bonchev–Trinajstić information content (AvgIpc) is 3.26. The fourth-order valence-electron chi connectivity index (χ4n) is 4.20. The highest BCUT2D eigenvalue weighted by Crippen LogP contribution is 2.46. The maximum absolute atomic E-state index is 13.7. The molecule has 1 aromatic carbocycles. The number of aromatic amines is 1. The second-order valence-corrected chi connectivity index (χ2v) is 13.5. The van der Waals surface area contributed by atoms with Gasteiger partial charge in [0.2, 0.25) is 0 Å². The molecule has 16 heteroatoms. The van der Waals surface area contributed by atoms with E-state index in [1.54, 1.807) is 20.8 Å². The quantitative estimate of drug-likeness (QED) is 0.164. The zero-order valence-electron chi connectivity index (χ0n) is 24.5. The summed E-state index contributed by atoms with van der Waals surface area (Å²) in [6, 6.07) is 10.4. The third-order valence-electron chi connectivity index (χ3n) is 6.87. The van der Waals surface area contributed by atoms with Crippen molar-refractivity contribution in [3.05, 3.63) is 69.0 Å². The van der Waals surface area contributed by atoms with E-state index in [-0.39, 0.29) is 37.2 Å². The Kier molecular flexibility index (Phi) is 12.8. The van der Waals surface area contributed by atoms with Gasteiger partial charge in [0.1, 0.15) is 12.3 Å². The van der Waals surface area contributed by atoms with Crippen molar-refractivity contribution in [2.24, 2.45) is 11.3 Å². The third-order valence-corrected chi connectivity index (χ3v) is 9.61. The van der Waals surface area contributed by atoms with E-state index in [9.17, 15) is 28.8 Å². The van der Waals surface area contributed by atoms with E-state index >= 15 is 0 Å². The van der Waals surface area contributed by atoms with Crippen molar-refractivity contribution in [1.82, 2.24) is 20.0 Å². The summed E-state index contributed by atoms with van der Waals surface area (Å²) in [6.45, 7) is 5.21. The predicted octanol–water partition coefficient (Wildman–Crippen LogP) is 2.39. The van der Waals surface area contributed by atoms with E-state index < -0.39 is 54.9 Å². The minimum atomic E-state index is -3.97. The van der Waals surface area contributed by atoms with E-state index in [1.807, 2.05) is 30.3 Å². The molecule has 238 valence electrons. The van der Waals surface area contributed by atoms with Crippen LogP contribution in [0.4, 0.5) is 4.79 Å². The number of aliphatic hydroxyl groups is 1. The summed E-state index contributed by atoms with van der Waals surface area (Å²) >= 11 is 1.01. The normalized spacial score (nSPS) is 21.7. The standard InChI is InChI=1S/C27H39N4O10PS/c1-18-22(33)20(41-23(18)31-13-10-21(32)30-25(31)35)17-40-42(37,29-16-19-8-6-5-7-9-19)39-14-15-43-24(34)27(2,3)11-12-28-26(36)38-4/h5-10,13,18,20,22-23,33H,11-12,14-17H2,1-4H3,(H,28,36)(H,29,37)(H,30,32,35)/t18-,20+,22-,23+,42+/m0/s1. The summed E-state index contributed by atoms with van der Waals surface area (Å²) in [7, 11) is -2.71. The summed E-state index contributed by atoms with van der Waals surface area (Å²) in [5.41, 5.74) is -1.17. The van der Waals surface area contributed by atoms with Gasteiger partial charge in [-0.05, 0) is 12.0 Å². The fourth-order valence-corrected chi connectivity index (χ4v) is 6.47. The highest BCUT2D eigenvalue weighted by atomic mass is 32.2. The van der Waals surface area contributed by atoms with E-state index in [1.165, 1.54) is 23.9 Å². The minimum absolute atomic E-state index is 0.0914. The molecule has 14 nitrogen and oxygen atoms in total. The number of thioether (sulfide) groups is 1. The molecule has 1 amide bonds. The lowest BCUT2D eigenvalue weighted by Crippen LogP contribution is -2.33. The average molecular weight is 643 g/mol. The molecule has 1 aliphatic rings. The van der Waals surface area contributed by atoms with Crippen molar-refractivity contribution in [3.63, 3.8) is 0 Å². The van der Waals surface area contributed by atoms with E-state index in [0.29, 0.717) is 6.42 Å². The molecular formula is C27H39N4O10PS. The number of nitrogens with zero attached hydrogens (tertiary/aromatic N) is 1. The molecule has 0 saturated carbocycles. The van der Waals surface area contributed by atoms with Gasteiger partial charge >= 0.3 is 19.5 Å². The van der Waals surface area contributed by atoms with Crippen molar-refractivity contribution in [3.8, 4) is 0 Å². The van der Waals surface area contributed by atoms with Gasteiger partial charge in [-0.3, -0.25) is 28.2 Å². The van der Waals surface area contributed by atoms with Crippen LogP contribution in [-0.2, 0) is 34.4 Å².